The number of halogens is 4. The third-order valence-corrected chi connectivity index (χ3v) is 10.6. The Balaban J connectivity index is 0.980. The van der Waals surface area contributed by atoms with Crippen molar-refractivity contribution in [1.29, 1.82) is 0 Å². The van der Waals surface area contributed by atoms with Gasteiger partial charge in [-0.1, -0.05) is 6.07 Å². The van der Waals surface area contributed by atoms with Gasteiger partial charge in [-0.05, 0) is 91.3 Å². The smallest absolute Gasteiger partial charge is 0.405 e. The summed E-state index contributed by atoms with van der Waals surface area (Å²) in [4.78, 5) is 57.4. The zero-order valence-electron chi connectivity index (χ0n) is 28.9. The van der Waals surface area contributed by atoms with Gasteiger partial charge in [-0.2, -0.15) is 0 Å². The minimum Gasteiger partial charge on any atom is -0.405 e. The van der Waals surface area contributed by atoms with Crippen LogP contribution in [0.2, 0.25) is 0 Å². The van der Waals surface area contributed by atoms with E-state index < -0.39 is 35.8 Å². The molecule has 2 aromatic heterocycles. The average Bonchev–Trinajstić information content (AvgIpc) is 3.14. The molecular weight excluding hydrogens is 696 g/mol. The summed E-state index contributed by atoms with van der Waals surface area (Å²) in [5.41, 5.74) is 1.27. The number of likely N-dealkylation sites (tertiary alicyclic amines) is 1. The number of pyridine rings is 2. The van der Waals surface area contributed by atoms with Gasteiger partial charge in [0.2, 0.25) is 11.8 Å². The van der Waals surface area contributed by atoms with Crippen LogP contribution in [0.4, 0.5) is 28.9 Å². The predicted molar refractivity (Wildman–Crippen MR) is 189 cm³/mol. The van der Waals surface area contributed by atoms with Crippen molar-refractivity contribution in [3.8, 4) is 16.9 Å². The molecule has 4 aromatic rings. The van der Waals surface area contributed by atoms with Crippen molar-refractivity contribution in [2.75, 3.05) is 36.4 Å². The highest BCUT2D eigenvalue weighted by Gasteiger charge is 2.36. The molecule has 278 valence electrons. The van der Waals surface area contributed by atoms with Crippen LogP contribution in [-0.2, 0) is 16.6 Å². The molecule has 3 aliphatic rings. The Labute approximate surface area is 301 Å². The number of carbonyl (C=O) groups excluding carboxylic acids is 3. The maximum atomic E-state index is 15.2. The molecule has 3 aliphatic heterocycles. The molecular formula is C38H38F4N6O5. The molecule has 0 spiro atoms. The maximum Gasteiger partial charge on any atom is 0.573 e. The van der Waals surface area contributed by atoms with E-state index in [1.54, 1.807) is 36.2 Å². The van der Waals surface area contributed by atoms with Crippen molar-refractivity contribution in [2.24, 2.45) is 18.9 Å². The molecule has 0 aliphatic carbocycles. The number of carbonyl (C=O) groups is 3. The van der Waals surface area contributed by atoms with E-state index in [9.17, 15) is 32.3 Å². The van der Waals surface area contributed by atoms with Crippen molar-refractivity contribution in [3.05, 3.63) is 82.8 Å². The van der Waals surface area contributed by atoms with E-state index >= 15 is 4.39 Å². The second-order valence-corrected chi connectivity index (χ2v) is 13.9. The summed E-state index contributed by atoms with van der Waals surface area (Å²) in [7, 11) is 1.54. The zero-order chi connectivity index (χ0) is 37.4. The topological polar surface area (TPSA) is 126 Å². The van der Waals surface area contributed by atoms with E-state index in [0.29, 0.717) is 90.6 Å². The number of aryl methyl sites for hydroxylation is 1. The molecule has 53 heavy (non-hydrogen) atoms. The number of alkyl halides is 3. The molecule has 3 fully saturated rings. The Kier molecular flexibility index (Phi) is 9.83. The van der Waals surface area contributed by atoms with Gasteiger partial charge in [0, 0.05) is 69.5 Å². The van der Waals surface area contributed by atoms with Crippen LogP contribution in [0.15, 0.2) is 65.8 Å². The van der Waals surface area contributed by atoms with Gasteiger partial charge < -0.3 is 24.4 Å². The SMILES string of the molecule is Cn1cc(-c2ccc(C(=O)N3CCC(C4CCN(c5ccc(NC6CCC(=O)NC6=O)cc5F)CC4)CC3)c(OC(F)(F)F)c2)c2ccncc2c1=O. The monoisotopic (exact) mass is 734 g/mol. The Morgan fingerprint density at radius 1 is 0.925 bits per heavy atom. The number of fused-ring (bicyclic) bond motifs is 1. The number of anilines is 2. The predicted octanol–water partition coefficient (Wildman–Crippen LogP) is 5.62. The molecule has 1 unspecified atom stereocenters. The lowest BCUT2D eigenvalue weighted by Crippen LogP contribution is -2.47. The van der Waals surface area contributed by atoms with Crippen molar-refractivity contribution in [3.63, 3.8) is 0 Å². The highest BCUT2D eigenvalue weighted by molar-refractivity contribution is 6.02. The molecule has 3 amide bonds. The standard InChI is InChI=1S/C38H38F4N6O5/c1-46-21-29(26-8-13-43-20-28(26)36(46)51)24-2-4-27(33(18-24)53-38(40,41)42)37(52)48-16-11-23(12-17-48)22-9-14-47(15-10-22)32-6-3-25(19-30(32)39)44-31-5-7-34(49)45-35(31)50/h2-4,6,8,13,18-23,31,44H,5,7,9-12,14-17H2,1H3,(H,45,49,50). The van der Waals surface area contributed by atoms with Gasteiger partial charge >= 0.3 is 6.36 Å². The molecule has 7 rings (SSSR count). The number of amides is 3. The van der Waals surface area contributed by atoms with E-state index in [0.717, 1.165) is 12.8 Å². The molecule has 1 atom stereocenters. The Morgan fingerprint density at radius 3 is 2.32 bits per heavy atom. The first-order valence-electron chi connectivity index (χ1n) is 17.6. The summed E-state index contributed by atoms with van der Waals surface area (Å²) in [6.07, 6.45) is 2.99. The summed E-state index contributed by atoms with van der Waals surface area (Å²) in [6, 6.07) is 9.88. The maximum absolute atomic E-state index is 15.2. The summed E-state index contributed by atoms with van der Waals surface area (Å²) >= 11 is 0. The van der Waals surface area contributed by atoms with Gasteiger partial charge in [-0.25, -0.2) is 4.39 Å². The first-order valence-corrected chi connectivity index (χ1v) is 17.6. The first kappa shape index (κ1) is 35.9. The van der Waals surface area contributed by atoms with E-state index in [1.807, 2.05) is 4.90 Å². The van der Waals surface area contributed by atoms with Crippen molar-refractivity contribution in [2.45, 2.75) is 50.9 Å². The molecule has 11 nitrogen and oxygen atoms in total. The van der Waals surface area contributed by atoms with Crippen LogP contribution < -0.4 is 25.8 Å². The summed E-state index contributed by atoms with van der Waals surface area (Å²) in [6.45, 7) is 2.05. The lowest BCUT2D eigenvalue weighted by Gasteiger charge is -2.41. The Bertz CT molecular complexity index is 2120. The number of benzene rings is 2. The van der Waals surface area contributed by atoms with E-state index in [1.165, 1.54) is 41.4 Å². The highest BCUT2D eigenvalue weighted by atomic mass is 19.4. The number of piperidine rings is 3. The van der Waals surface area contributed by atoms with Crippen LogP contribution in [0.1, 0.15) is 48.9 Å². The van der Waals surface area contributed by atoms with Gasteiger partial charge in [0.15, 0.2) is 0 Å². The molecule has 3 saturated heterocycles. The fraction of sp³-hybridized carbons (Fsp3) is 0.395. The summed E-state index contributed by atoms with van der Waals surface area (Å²) < 4.78 is 61.8. The van der Waals surface area contributed by atoms with Gasteiger partial charge in [-0.3, -0.25) is 29.5 Å². The third kappa shape index (κ3) is 7.69. The van der Waals surface area contributed by atoms with E-state index in [-0.39, 0.29) is 23.5 Å². The number of hydrogen-bond donors (Lipinski definition) is 2. The minimum atomic E-state index is -5.04. The quantitative estimate of drug-likeness (QED) is 0.185. The second-order valence-electron chi connectivity index (χ2n) is 13.9. The lowest BCUT2D eigenvalue weighted by molar-refractivity contribution is -0.274. The minimum absolute atomic E-state index is 0.200. The number of aromatic nitrogens is 2. The molecule has 0 radical (unpaired) electrons. The zero-order valence-corrected chi connectivity index (χ0v) is 28.9. The highest BCUT2D eigenvalue weighted by Crippen LogP contribution is 2.38. The number of nitrogens with zero attached hydrogens (tertiary/aromatic N) is 4. The first-order chi connectivity index (χ1) is 25.3. The fourth-order valence-electron chi connectivity index (χ4n) is 7.86. The molecule has 2 N–H and O–H groups in total. The number of imide groups is 1. The van der Waals surface area contributed by atoms with Crippen molar-refractivity contribution in [1.82, 2.24) is 19.8 Å². The normalized spacial score (nSPS) is 19.0. The van der Waals surface area contributed by atoms with Gasteiger partial charge in [0.25, 0.3) is 11.5 Å². The number of ether oxygens (including phenoxy) is 1. The van der Waals surface area contributed by atoms with Crippen LogP contribution in [0.5, 0.6) is 5.75 Å². The van der Waals surface area contributed by atoms with Gasteiger partial charge in [-0.15, -0.1) is 13.2 Å². The van der Waals surface area contributed by atoms with Crippen LogP contribution in [0, 0.1) is 17.7 Å². The molecule has 0 bridgehead atoms. The van der Waals surface area contributed by atoms with E-state index in [4.69, 9.17) is 0 Å². The molecule has 0 saturated carbocycles. The Hall–Kier alpha value is -5.47. The Morgan fingerprint density at radius 2 is 1.64 bits per heavy atom. The second kappa shape index (κ2) is 14.5. The summed E-state index contributed by atoms with van der Waals surface area (Å²) in [5, 5.41) is 6.11. The third-order valence-electron chi connectivity index (χ3n) is 10.6. The average molecular weight is 735 g/mol. The van der Waals surface area contributed by atoms with Crippen LogP contribution in [-0.4, -0.2) is 70.8 Å². The van der Waals surface area contributed by atoms with Crippen molar-refractivity contribution >= 4 is 39.9 Å². The number of hydrogen-bond acceptors (Lipinski definition) is 8. The largest absolute Gasteiger partial charge is 0.573 e. The van der Waals surface area contributed by atoms with E-state index in [2.05, 4.69) is 20.4 Å². The van der Waals surface area contributed by atoms with Crippen molar-refractivity contribution < 1.29 is 36.7 Å². The number of nitrogens with one attached hydrogen (secondary N) is 2. The molecule has 15 heteroatoms. The summed E-state index contributed by atoms with van der Waals surface area (Å²) in [5.74, 6) is -1.65. The van der Waals surface area contributed by atoms with Gasteiger partial charge in [0.05, 0.1) is 16.6 Å². The van der Waals surface area contributed by atoms with Gasteiger partial charge in [0.1, 0.15) is 17.6 Å². The van der Waals surface area contributed by atoms with Crippen LogP contribution in [0.25, 0.3) is 21.9 Å². The van der Waals surface area contributed by atoms with Crippen LogP contribution in [0.3, 0.4) is 0 Å². The molecule has 2 aromatic carbocycles. The van der Waals surface area contributed by atoms with Crippen LogP contribution >= 0.6 is 0 Å². The number of rotatable bonds is 7. The molecule has 5 heterocycles. The lowest BCUT2D eigenvalue weighted by atomic mass is 9.78. The fourth-order valence-corrected chi connectivity index (χ4v) is 7.86.